The Morgan fingerprint density at radius 1 is 1.44 bits per heavy atom. The number of rotatable bonds is 4. The summed E-state index contributed by atoms with van der Waals surface area (Å²) < 4.78 is 39.5. The van der Waals surface area contributed by atoms with Crippen LogP contribution in [0.25, 0.3) is 0 Å². The van der Waals surface area contributed by atoms with E-state index in [1.165, 1.54) is 23.5 Å². The van der Waals surface area contributed by atoms with Crippen LogP contribution < -0.4 is 5.73 Å². The number of hydrogen-bond donors (Lipinski definition) is 1. The van der Waals surface area contributed by atoms with Gasteiger partial charge in [0.25, 0.3) is 0 Å². The van der Waals surface area contributed by atoms with Crippen molar-refractivity contribution in [3.05, 3.63) is 24.0 Å². The lowest BCUT2D eigenvalue weighted by Gasteiger charge is -2.24. The summed E-state index contributed by atoms with van der Waals surface area (Å²) in [4.78, 5) is -0.313. The zero-order chi connectivity index (χ0) is 13.5. The Morgan fingerprint density at radius 2 is 2.06 bits per heavy atom. The fourth-order valence-electron chi connectivity index (χ4n) is 1.98. The highest BCUT2D eigenvalue weighted by atomic mass is 32.2. The van der Waals surface area contributed by atoms with Gasteiger partial charge in [0.1, 0.15) is 10.7 Å². The van der Waals surface area contributed by atoms with E-state index in [0.29, 0.717) is 5.92 Å². The molecule has 1 aliphatic carbocycles. The first kappa shape index (κ1) is 13.3. The van der Waals surface area contributed by atoms with E-state index in [1.54, 1.807) is 0 Å². The third-order valence-corrected chi connectivity index (χ3v) is 5.47. The van der Waals surface area contributed by atoms with Gasteiger partial charge in [0.05, 0.1) is 0 Å². The highest BCUT2D eigenvalue weighted by Gasteiger charge is 2.36. The molecule has 1 unspecified atom stereocenters. The molecule has 1 saturated carbocycles. The van der Waals surface area contributed by atoms with E-state index in [4.69, 9.17) is 5.73 Å². The molecule has 4 nitrogen and oxygen atoms in total. The highest BCUT2D eigenvalue weighted by Crippen LogP contribution is 2.36. The first-order valence-corrected chi connectivity index (χ1v) is 7.31. The molecular formula is C12H17FN2O2S. The Labute approximate surface area is 107 Å². The van der Waals surface area contributed by atoms with Crippen LogP contribution in [0.2, 0.25) is 0 Å². The number of nitrogens with two attached hydrogens (primary N) is 1. The van der Waals surface area contributed by atoms with Crippen LogP contribution in [0.1, 0.15) is 19.8 Å². The summed E-state index contributed by atoms with van der Waals surface area (Å²) in [5.41, 5.74) is 5.63. The molecule has 1 aliphatic rings. The quantitative estimate of drug-likeness (QED) is 0.850. The second kappa shape index (κ2) is 4.51. The molecule has 18 heavy (non-hydrogen) atoms. The lowest BCUT2D eigenvalue weighted by atomic mass is 10.2. The third-order valence-electron chi connectivity index (χ3n) is 3.49. The molecule has 100 valence electrons. The summed E-state index contributed by atoms with van der Waals surface area (Å²) in [7, 11) is -2.29. The molecule has 0 bridgehead atoms. The summed E-state index contributed by atoms with van der Waals surface area (Å²) in [5.74, 6) is -0.411. The average molecular weight is 272 g/mol. The van der Waals surface area contributed by atoms with Crippen molar-refractivity contribution in [2.24, 2.45) is 5.92 Å². The van der Waals surface area contributed by atoms with Gasteiger partial charge in [-0.2, -0.15) is 4.31 Å². The molecular weight excluding hydrogens is 255 g/mol. The first-order valence-electron chi connectivity index (χ1n) is 5.87. The monoisotopic (exact) mass is 272 g/mol. The van der Waals surface area contributed by atoms with Crippen molar-refractivity contribution >= 4 is 15.7 Å². The Bertz CT molecular complexity index is 555. The standard InChI is InChI=1S/C12H17FN2O2S/c1-8(9-3-4-9)15(2)18(16,17)12-6-5-10(14)7-11(12)13/h5-9H,3-4,14H2,1-2H3. The van der Waals surface area contributed by atoms with Gasteiger partial charge in [0, 0.05) is 18.8 Å². The Morgan fingerprint density at radius 3 is 2.56 bits per heavy atom. The number of hydrogen-bond acceptors (Lipinski definition) is 3. The zero-order valence-electron chi connectivity index (χ0n) is 10.4. The van der Waals surface area contributed by atoms with Crippen LogP contribution in [-0.4, -0.2) is 25.8 Å². The van der Waals surface area contributed by atoms with Crippen molar-refractivity contribution in [2.75, 3.05) is 12.8 Å². The molecule has 0 radical (unpaired) electrons. The fourth-order valence-corrected chi connectivity index (χ4v) is 3.44. The minimum absolute atomic E-state index is 0.105. The summed E-state index contributed by atoms with van der Waals surface area (Å²) in [6.07, 6.45) is 2.07. The number of benzene rings is 1. The molecule has 2 N–H and O–H groups in total. The van der Waals surface area contributed by atoms with Crippen LogP contribution in [-0.2, 0) is 10.0 Å². The van der Waals surface area contributed by atoms with Crippen molar-refractivity contribution in [2.45, 2.75) is 30.7 Å². The van der Waals surface area contributed by atoms with Crippen LogP contribution in [0.4, 0.5) is 10.1 Å². The predicted octanol–water partition coefficient (Wildman–Crippen LogP) is 1.83. The zero-order valence-corrected chi connectivity index (χ0v) is 11.2. The van der Waals surface area contributed by atoms with Gasteiger partial charge in [-0.15, -0.1) is 0 Å². The van der Waals surface area contributed by atoms with Gasteiger partial charge in [-0.3, -0.25) is 0 Å². The molecule has 6 heteroatoms. The maximum atomic E-state index is 13.7. The van der Waals surface area contributed by atoms with E-state index in [1.807, 2.05) is 6.92 Å². The van der Waals surface area contributed by atoms with Crippen LogP contribution in [0, 0.1) is 11.7 Å². The summed E-state index contributed by atoms with van der Waals surface area (Å²) in [5, 5.41) is 0. The molecule has 0 amide bonds. The van der Waals surface area contributed by atoms with Crippen molar-refractivity contribution in [3.63, 3.8) is 0 Å². The maximum absolute atomic E-state index is 13.7. The Balaban J connectivity index is 2.34. The summed E-state index contributed by atoms with van der Waals surface area (Å²) >= 11 is 0. The lowest BCUT2D eigenvalue weighted by molar-refractivity contribution is 0.355. The van der Waals surface area contributed by atoms with Crippen molar-refractivity contribution < 1.29 is 12.8 Å². The molecule has 0 aliphatic heterocycles. The van der Waals surface area contributed by atoms with Crippen LogP contribution in [0.5, 0.6) is 0 Å². The van der Waals surface area contributed by atoms with E-state index in [2.05, 4.69) is 0 Å². The van der Waals surface area contributed by atoms with E-state index in [0.717, 1.165) is 18.9 Å². The smallest absolute Gasteiger partial charge is 0.245 e. The number of nitrogen functional groups attached to an aromatic ring is 1. The van der Waals surface area contributed by atoms with Crippen LogP contribution >= 0.6 is 0 Å². The average Bonchev–Trinajstić information content (AvgIpc) is 3.10. The van der Waals surface area contributed by atoms with E-state index in [-0.39, 0.29) is 16.6 Å². The maximum Gasteiger partial charge on any atom is 0.245 e. The molecule has 0 spiro atoms. The second-order valence-electron chi connectivity index (χ2n) is 4.79. The molecule has 1 atom stereocenters. The van der Waals surface area contributed by atoms with E-state index < -0.39 is 15.8 Å². The molecule has 0 aromatic heterocycles. The van der Waals surface area contributed by atoms with Gasteiger partial charge in [0.2, 0.25) is 10.0 Å². The van der Waals surface area contributed by atoms with Crippen LogP contribution in [0.3, 0.4) is 0 Å². The molecule has 1 fully saturated rings. The van der Waals surface area contributed by atoms with E-state index >= 15 is 0 Å². The topological polar surface area (TPSA) is 63.4 Å². The summed E-state index contributed by atoms with van der Waals surface area (Å²) in [6.45, 7) is 1.85. The first-order chi connectivity index (χ1) is 8.34. The van der Waals surface area contributed by atoms with Gasteiger partial charge in [0.15, 0.2) is 0 Å². The molecule has 0 heterocycles. The SMILES string of the molecule is CC(C1CC1)N(C)S(=O)(=O)c1ccc(N)cc1F. The fraction of sp³-hybridized carbons (Fsp3) is 0.500. The molecule has 2 rings (SSSR count). The third kappa shape index (κ3) is 2.35. The minimum atomic E-state index is -3.79. The second-order valence-corrected chi connectivity index (χ2v) is 6.76. The highest BCUT2D eigenvalue weighted by molar-refractivity contribution is 7.89. The van der Waals surface area contributed by atoms with Gasteiger partial charge in [-0.05, 0) is 43.9 Å². The predicted molar refractivity (Wildman–Crippen MR) is 67.9 cm³/mol. The molecule has 1 aromatic rings. The Hall–Kier alpha value is -1.14. The number of anilines is 1. The number of halogens is 1. The van der Waals surface area contributed by atoms with E-state index in [9.17, 15) is 12.8 Å². The summed E-state index contributed by atoms with van der Waals surface area (Å²) in [6, 6.07) is 3.54. The number of sulfonamides is 1. The minimum Gasteiger partial charge on any atom is -0.399 e. The van der Waals surface area contributed by atoms with Gasteiger partial charge >= 0.3 is 0 Å². The molecule has 0 saturated heterocycles. The van der Waals surface area contributed by atoms with Gasteiger partial charge < -0.3 is 5.73 Å². The number of nitrogens with zero attached hydrogens (tertiary/aromatic N) is 1. The van der Waals surface area contributed by atoms with Crippen molar-refractivity contribution in [3.8, 4) is 0 Å². The Kier molecular flexibility index (Phi) is 3.33. The van der Waals surface area contributed by atoms with Crippen molar-refractivity contribution in [1.29, 1.82) is 0 Å². The van der Waals surface area contributed by atoms with Gasteiger partial charge in [-0.1, -0.05) is 0 Å². The molecule has 1 aromatic carbocycles. The van der Waals surface area contributed by atoms with Gasteiger partial charge in [-0.25, -0.2) is 12.8 Å². The van der Waals surface area contributed by atoms with Crippen molar-refractivity contribution in [1.82, 2.24) is 4.31 Å². The lowest BCUT2D eigenvalue weighted by Crippen LogP contribution is -2.36. The van der Waals surface area contributed by atoms with Crippen LogP contribution in [0.15, 0.2) is 23.1 Å². The largest absolute Gasteiger partial charge is 0.399 e. The normalized spacial score (nSPS) is 18.0.